The number of aromatic nitrogens is 3. The molecule has 38 heavy (non-hydrogen) atoms. The quantitative estimate of drug-likeness (QED) is 0.183. The summed E-state index contributed by atoms with van der Waals surface area (Å²) in [5.41, 5.74) is 4.85. The molecular formula is C28H27N5O4S. The van der Waals surface area contributed by atoms with E-state index >= 15 is 0 Å². The highest BCUT2D eigenvalue weighted by Gasteiger charge is 2.23. The molecular weight excluding hydrogens is 502 g/mol. The molecule has 2 aromatic carbocycles. The highest BCUT2D eigenvalue weighted by molar-refractivity contribution is 8.00. The minimum Gasteiger partial charge on any atom is -0.467 e. The van der Waals surface area contributed by atoms with E-state index < -0.39 is 10.8 Å². The third-order valence-corrected chi connectivity index (χ3v) is 7.52. The van der Waals surface area contributed by atoms with Crippen molar-refractivity contribution in [1.29, 1.82) is 0 Å². The summed E-state index contributed by atoms with van der Waals surface area (Å²) in [6, 6.07) is 18.4. The van der Waals surface area contributed by atoms with Gasteiger partial charge in [-0.15, -0.1) is 0 Å². The van der Waals surface area contributed by atoms with Crippen molar-refractivity contribution in [2.24, 2.45) is 0 Å². The summed E-state index contributed by atoms with van der Waals surface area (Å²) >= 11 is 1.14. The Labute approximate surface area is 222 Å². The maximum absolute atomic E-state index is 13.4. The Hall–Kier alpha value is -4.31. The van der Waals surface area contributed by atoms with E-state index in [-0.39, 0.29) is 29.9 Å². The number of aromatic amines is 1. The van der Waals surface area contributed by atoms with Crippen molar-refractivity contribution >= 4 is 45.4 Å². The van der Waals surface area contributed by atoms with Gasteiger partial charge in [0.05, 0.1) is 29.0 Å². The first-order valence-corrected chi connectivity index (χ1v) is 13.2. The summed E-state index contributed by atoms with van der Waals surface area (Å²) in [5, 5.41) is 4.01. The van der Waals surface area contributed by atoms with E-state index in [9.17, 15) is 14.4 Å². The van der Waals surface area contributed by atoms with Crippen LogP contribution in [0.25, 0.3) is 21.8 Å². The molecule has 5 aromatic rings. The largest absolute Gasteiger partial charge is 0.467 e. The van der Waals surface area contributed by atoms with Gasteiger partial charge in [-0.25, -0.2) is 4.98 Å². The molecule has 1 atom stereocenters. The molecule has 0 radical (unpaired) electrons. The third-order valence-electron chi connectivity index (χ3n) is 6.21. The van der Waals surface area contributed by atoms with Crippen molar-refractivity contribution in [2.45, 2.75) is 43.1 Å². The first-order valence-electron chi connectivity index (χ1n) is 12.4. The van der Waals surface area contributed by atoms with E-state index in [1.165, 1.54) is 0 Å². The van der Waals surface area contributed by atoms with E-state index in [2.05, 4.69) is 20.7 Å². The zero-order chi connectivity index (χ0) is 26.5. The predicted molar refractivity (Wildman–Crippen MR) is 147 cm³/mol. The number of carbonyl (C=O) groups is 2. The number of amides is 2. The summed E-state index contributed by atoms with van der Waals surface area (Å²) in [6.07, 6.45) is 4.61. The van der Waals surface area contributed by atoms with Crippen LogP contribution in [0.2, 0.25) is 0 Å². The fourth-order valence-electron chi connectivity index (χ4n) is 4.21. The number of carbonyl (C=O) groups excluding carboxylic acids is 2. The minimum absolute atomic E-state index is 0.173. The summed E-state index contributed by atoms with van der Waals surface area (Å²) in [7, 11) is 0. The van der Waals surface area contributed by atoms with Gasteiger partial charge in [-0.2, -0.15) is 4.68 Å². The smallest absolute Gasteiger partial charge is 0.281 e. The molecule has 3 heterocycles. The summed E-state index contributed by atoms with van der Waals surface area (Å²) in [5.74, 6) is 0.0987. The van der Waals surface area contributed by atoms with Crippen LogP contribution in [0.15, 0.2) is 87.5 Å². The minimum atomic E-state index is -0.535. The molecule has 2 amide bonds. The van der Waals surface area contributed by atoms with Crippen molar-refractivity contribution in [3.8, 4) is 0 Å². The van der Waals surface area contributed by atoms with Crippen LogP contribution < -0.4 is 16.3 Å². The first-order chi connectivity index (χ1) is 18.5. The van der Waals surface area contributed by atoms with Crippen molar-refractivity contribution in [3.05, 3.63) is 94.8 Å². The maximum atomic E-state index is 13.4. The summed E-state index contributed by atoms with van der Waals surface area (Å²) in [4.78, 5) is 47.1. The van der Waals surface area contributed by atoms with Crippen LogP contribution in [0, 0.1) is 0 Å². The second-order valence-electron chi connectivity index (χ2n) is 8.76. The topological polar surface area (TPSA) is 122 Å². The fourth-order valence-corrected chi connectivity index (χ4v) is 5.20. The number of fused-ring (bicyclic) bond motifs is 2. The van der Waals surface area contributed by atoms with Gasteiger partial charge < -0.3 is 14.7 Å². The van der Waals surface area contributed by atoms with E-state index in [1.807, 2.05) is 37.4 Å². The molecule has 9 nitrogen and oxygen atoms in total. The lowest BCUT2D eigenvalue weighted by Gasteiger charge is -2.18. The number of para-hydroxylation sites is 2. The van der Waals surface area contributed by atoms with Gasteiger partial charge in [0, 0.05) is 23.5 Å². The molecule has 3 aromatic heterocycles. The Morgan fingerprint density at radius 1 is 1.08 bits per heavy atom. The molecule has 0 spiro atoms. The zero-order valence-electron chi connectivity index (χ0n) is 20.8. The van der Waals surface area contributed by atoms with Gasteiger partial charge in [0.2, 0.25) is 11.8 Å². The molecule has 0 fully saturated rings. The number of H-pyrrole nitrogens is 1. The predicted octanol–water partition coefficient (Wildman–Crippen LogP) is 4.36. The molecule has 0 aliphatic heterocycles. The molecule has 0 aliphatic carbocycles. The highest BCUT2D eigenvalue weighted by Crippen LogP contribution is 2.25. The number of hydrogen-bond acceptors (Lipinski definition) is 6. The molecule has 0 unspecified atom stereocenters. The van der Waals surface area contributed by atoms with Gasteiger partial charge in [0.25, 0.3) is 5.56 Å². The fraction of sp³-hybridized carbons (Fsp3) is 0.214. The third kappa shape index (κ3) is 5.50. The van der Waals surface area contributed by atoms with Crippen molar-refractivity contribution in [1.82, 2.24) is 20.0 Å². The Morgan fingerprint density at radius 3 is 2.66 bits per heavy atom. The van der Waals surface area contributed by atoms with E-state index in [0.29, 0.717) is 29.5 Å². The molecule has 0 saturated heterocycles. The zero-order valence-corrected chi connectivity index (χ0v) is 21.6. The average Bonchev–Trinajstić information content (AvgIpc) is 3.61. The average molecular weight is 530 g/mol. The number of furan rings is 1. The molecule has 0 bridgehead atoms. The summed E-state index contributed by atoms with van der Waals surface area (Å²) in [6.45, 7) is 2.14. The van der Waals surface area contributed by atoms with Gasteiger partial charge in [-0.1, -0.05) is 49.0 Å². The van der Waals surface area contributed by atoms with Crippen molar-refractivity contribution in [2.75, 3.05) is 5.43 Å². The van der Waals surface area contributed by atoms with Gasteiger partial charge >= 0.3 is 0 Å². The first kappa shape index (κ1) is 25.3. The van der Waals surface area contributed by atoms with Gasteiger partial charge in [-0.3, -0.25) is 19.8 Å². The summed E-state index contributed by atoms with van der Waals surface area (Å²) < 4.78 is 6.45. The monoisotopic (exact) mass is 529 g/mol. The molecule has 3 N–H and O–H groups in total. The van der Waals surface area contributed by atoms with Gasteiger partial charge in [0.1, 0.15) is 5.76 Å². The van der Waals surface area contributed by atoms with Crippen LogP contribution >= 0.6 is 11.8 Å². The maximum Gasteiger partial charge on any atom is 0.281 e. The lowest BCUT2D eigenvalue weighted by atomic mass is 10.1. The number of thioether (sulfide) groups is 1. The van der Waals surface area contributed by atoms with Crippen LogP contribution in [0.3, 0.4) is 0 Å². The number of nitrogens with zero attached hydrogens (tertiary/aromatic N) is 2. The molecule has 0 saturated carbocycles. The number of aryl methyl sites for hydroxylation is 1. The second-order valence-corrected chi connectivity index (χ2v) is 9.93. The van der Waals surface area contributed by atoms with Gasteiger partial charge in [-0.05, 0) is 48.7 Å². The lowest BCUT2D eigenvalue weighted by Crippen LogP contribution is -2.37. The number of hydrogen-bond donors (Lipinski definition) is 3. The number of nitrogens with one attached hydrogen (secondary N) is 3. The van der Waals surface area contributed by atoms with Crippen LogP contribution in [0.4, 0.5) is 0 Å². The van der Waals surface area contributed by atoms with E-state index in [0.717, 1.165) is 32.9 Å². The van der Waals surface area contributed by atoms with Crippen LogP contribution in [-0.2, 0) is 22.6 Å². The van der Waals surface area contributed by atoms with Crippen molar-refractivity contribution < 1.29 is 14.0 Å². The van der Waals surface area contributed by atoms with E-state index in [1.54, 1.807) is 42.7 Å². The molecule has 0 aliphatic rings. The second kappa shape index (κ2) is 11.4. The molecule has 5 rings (SSSR count). The Kier molecular flexibility index (Phi) is 7.60. The SMILES string of the molecule is CC[C@@H](Sc1nc2ccccc2c(=O)n1NC(=O)CCc1c[nH]c2ccccc12)C(=O)NCc1ccco1. The van der Waals surface area contributed by atoms with Crippen LogP contribution in [0.5, 0.6) is 0 Å². The Bertz CT molecular complexity index is 1640. The molecule has 10 heteroatoms. The van der Waals surface area contributed by atoms with E-state index in [4.69, 9.17) is 4.42 Å². The van der Waals surface area contributed by atoms with Crippen LogP contribution in [0.1, 0.15) is 31.1 Å². The Morgan fingerprint density at radius 2 is 1.87 bits per heavy atom. The molecule has 194 valence electrons. The standard InChI is InChI=1S/C28H27N5O4S/c1-2-24(26(35)30-17-19-8-7-15-37-19)38-28-31-23-12-6-4-10-21(23)27(36)33(28)32-25(34)14-13-18-16-29-22-11-5-3-9-20(18)22/h3-12,15-16,24,29H,2,13-14,17H2,1H3,(H,30,35)(H,32,34)/t24-/m1/s1. The normalized spacial score (nSPS) is 12.0. The Balaban J connectivity index is 1.36. The number of rotatable bonds is 10. The highest BCUT2D eigenvalue weighted by atomic mass is 32.2. The number of benzene rings is 2. The van der Waals surface area contributed by atoms with Crippen LogP contribution in [-0.4, -0.2) is 31.7 Å². The van der Waals surface area contributed by atoms with Crippen molar-refractivity contribution in [3.63, 3.8) is 0 Å². The lowest BCUT2D eigenvalue weighted by molar-refractivity contribution is -0.121. The van der Waals surface area contributed by atoms with Gasteiger partial charge in [0.15, 0.2) is 5.16 Å².